The molecule has 0 spiro atoms. The van der Waals surface area contributed by atoms with E-state index in [4.69, 9.17) is 4.74 Å². The summed E-state index contributed by atoms with van der Waals surface area (Å²) in [6, 6.07) is 29.9. The molecule has 0 bridgehead atoms. The van der Waals surface area contributed by atoms with Gasteiger partial charge in [-0.3, -0.25) is 0 Å². The molecule has 24 heavy (non-hydrogen) atoms. The molecule has 1 heterocycles. The van der Waals surface area contributed by atoms with Crippen LogP contribution < -0.4 is 0 Å². The fraction of sp³-hybridized carbons (Fsp3) is 0.182. The molecule has 1 aliphatic rings. The molecule has 0 aromatic heterocycles. The lowest BCUT2D eigenvalue weighted by molar-refractivity contribution is 0.0621. The van der Waals surface area contributed by atoms with Gasteiger partial charge < -0.3 is 9.84 Å². The first-order valence-electron chi connectivity index (χ1n) is 8.31. The molecule has 1 saturated heterocycles. The van der Waals surface area contributed by atoms with Crippen molar-refractivity contribution in [3.05, 3.63) is 108 Å². The summed E-state index contributed by atoms with van der Waals surface area (Å²) in [6.07, 6.45) is 0.642. The summed E-state index contributed by atoms with van der Waals surface area (Å²) in [4.78, 5) is 0. The molecule has 1 aliphatic heterocycles. The minimum atomic E-state index is -1.04. The Bertz CT molecular complexity index is 744. The molecular weight excluding hydrogens is 296 g/mol. The monoisotopic (exact) mass is 316 g/mol. The molecule has 3 aromatic carbocycles. The second kappa shape index (κ2) is 6.23. The highest BCUT2D eigenvalue weighted by molar-refractivity contribution is 5.37. The van der Waals surface area contributed by atoms with E-state index in [-0.39, 0.29) is 12.2 Å². The van der Waals surface area contributed by atoms with Crippen molar-refractivity contribution in [1.29, 1.82) is 0 Å². The smallest absolute Gasteiger partial charge is 0.117 e. The molecule has 2 unspecified atom stereocenters. The van der Waals surface area contributed by atoms with Crippen LogP contribution in [0.2, 0.25) is 0 Å². The first-order valence-corrected chi connectivity index (χ1v) is 8.31. The van der Waals surface area contributed by atoms with E-state index in [2.05, 4.69) is 12.1 Å². The maximum Gasteiger partial charge on any atom is 0.117 e. The maximum atomic E-state index is 11.5. The molecule has 1 N–H and O–H groups in total. The van der Waals surface area contributed by atoms with Crippen LogP contribution in [0.1, 0.15) is 29.2 Å². The minimum absolute atomic E-state index is 0.0258. The zero-order valence-corrected chi connectivity index (χ0v) is 13.4. The summed E-state index contributed by atoms with van der Waals surface area (Å²) in [6.45, 7) is 0. The normalized spacial score (nSPS) is 19.9. The van der Waals surface area contributed by atoms with Crippen LogP contribution in [-0.2, 0) is 10.3 Å². The van der Waals surface area contributed by atoms with Crippen molar-refractivity contribution in [2.24, 2.45) is 0 Å². The van der Waals surface area contributed by atoms with Crippen LogP contribution in [0.4, 0.5) is 0 Å². The Morgan fingerprint density at radius 2 is 1.17 bits per heavy atom. The van der Waals surface area contributed by atoms with Crippen molar-refractivity contribution in [1.82, 2.24) is 0 Å². The van der Waals surface area contributed by atoms with Crippen molar-refractivity contribution >= 4 is 0 Å². The topological polar surface area (TPSA) is 32.8 Å². The van der Waals surface area contributed by atoms with Gasteiger partial charge in [-0.15, -0.1) is 0 Å². The molecule has 2 atom stereocenters. The molecule has 0 aliphatic carbocycles. The van der Waals surface area contributed by atoms with E-state index in [1.165, 1.54) is 5.56 Å². The van der Waals surface area contributed by atoms with Crippen LogP contribution in [0.25, 0.3) is 0 Å². The van der Waals surface area contributed by atoms with Gasteiger partial charge in [0, 0.05) is 6.42 Å². The lowest BCUT2D eigenvalue weighted by atomic mass is 9.82. The van der Waals surface area contributed by atoms with Gasteiger partial charge in [0.2, 0.25) is 0 Å². The van der Waals surface area contributed by atoms with Crippen molar-refractivity contribution in [2.75, 3.05) is 0 Å². The Labute approximate surface area is 142 Å². The summed E-state index contributed by atoms with van der Waals surface area (Å²) < 4.78 is 5.88. The fourth-order valence-corrected chi connectivity index (χ4v) is 3.36. The molecule has 4 rings (SSSR count). The second-order valence-corrected chi connectivity index (χ2v) is 6.30. The third-order valence-electron chi connectivity index (χ3n) is 4.71. The summed E-state index contributed by atoms with van der Waals surface area (Å²) in [5.41, 5.74) is 1.93. The summed E-state index contributed by atoms with van der Waals surface area (Å²) >= 11 is 0. The van der Waals surface area contributed by atoms with Crippen LogP contribution >= 0.6 is 0 Å². The minimum Gasteiger partial charge on any atom is -0.380 e. The van der Waals surface area contributed by atoms with E-state index < -0.39 is 5.60 Å². The van der Waals surface area contributed by atoms with Gasteiger partial charge >= 0.3 is 0 Å². The van der Waals surface area contributed by atoms with E-state index in [0.29, 0.717) is 6.42 Å². The standard InChI is InChI=1S/C22H20O2/c23-22(18-12-6-2-7-13-18,19-14-8-3-9-15-19)16-20-21(24-20)17-10-4-1-5-11-17/h1-15,20-21,23H,16H2. The SMILES string of the molecule is OC(CC1OC1c1ccccc1)(c1ccccc1)c1ccccc1. The van der Waals surface area contributed by atoms with Gasteiger partial charge in [0.05, 0.1) is 6.10 Å². The number of benzene rings is 3. The van der Waals surface area contributed by atoms with Gasteiger partial charge in [0.15, 0.2) is 0 Å². The third kappa shape index (κ3) is 2.86. The van der Waals surface area contributed by atoms with Gasteiger partial charge in [-0.05, 0) is 16.7 Å². The maximum absolute atomic E-state index is 11.5. The van der Waals surface area contributed by atoms with E-state index in [9.17, 15) is 5.11 Å². The molecule has 0 saturated carbocycles. The Kier molecular flexibility index (Phi) is 3.93. The Balaban J connectivity index is 1.63. The average Bonchev–Trinajstić information content (AvgIpc) is 3.43. The largest absolute Gasteiger partial charge is 0.380 e. The van der Waals surface area contributed by atoms with Crippen LogP contribution in [0.5, 0.6) is 0 Å². The van der Waals surface area contributed by atoms with Gasteiger partial charge in [0.1, 0.15) is 11.7 Å². The zero-order chi connectivity index (χ0) is 16.4. The third-order valence-corrected chi connectivity index (χ3v) is 4.71. The molecule has 0 radical (unpaired) electrons. The van der Waals surface area contributed by atoms with Crippen molar-refractivity contribution < 1.29 is 9.84 Å². The lowest BCUT2D eigenvalue weighted by Crippen LogP contribution is -2.29. The van der Waals surface area contributed by atoms with Gasteiger partial charge in [-0.1, -0.05) is 91.0 Å². The average molecular weight is 316 g/mol. The van der Waals surface area contributed by atoms with Crippen molar-refractivity contribution in [2.45, 2.75) is 24.2 Å². The molecular formula is C22H20O2. The van der Waals surface area contributed by atoms with Crippen LogP contribution in [0.15, 0.2) is 91.0 Å². The number of ether oxygens (including phenoxy) is 1. The Hall–Kier alpha value is -2.42. The van der Waals surface area contributed by atoms with Crippen molar-refractivity contribution in [3.63, 3.8) is 0 Å². The van der Waals surface area contributed by atoms with E-state index >= 15 is 0 Å². The zero-order valence-electron chi connectivity index (χ0n) is 13.4. The highest BCUT2D eigenvalue weighted by atomic mass is 16.6. The molecule has 120 valence electrons. The quantitative estimate of drug-likeness (QED) is 0.705. The number of rotatable bonds is 5. The van der Waals surface area contributed by atoms with Gasteiger partial charge in [-0.2, -0.15) is 0 Å². The summed E-state index contributed by atoms with van der Waals surface area (Å²) in [5.74, 6) is 0. The summed E-state index contributed by atoms with van der Waals surface area (Å²) in [5, 5.41) is 11.5. The Morgan fingerprint density at radius 1 is 0.708 bits per heavy atom. The highest BCUT2D eigenvalue weighted by Gasteiger charge is 2.46. The van der Waals surface area contributed by atoms with Crippen molar-refractivity contribution in [3.8, 4) is 0 Å². The lowest BCUT2D eigenvalue weighted by Gasteiger charge is -2.29. The van der Waals surface area contributed by atoms with E-state index in [0.717, 1.165) is 11.1 Å². The first kappa shape index (κ1) is 15.1. The predicted octanol–water partition coefficient (Wildman–Crippen LogP) is 4.45. The van der Waals surface area contributed by atoms with E-state index in [1.807, 2.05) is 78.9 Å². The molecule has 3 aromatic rings. The number of aliphatic hydroxyl groups is 1. The number of hydrogen-bond acceptors (Lipinski definition) is 2. The molecule has 2 nitrogen and oxygen atoms in total. The van der Waals surface area contributed by atoms with E-state index in [1.54, 1.807) is 0 Å². The molecule has 0 amide bonds. The van der Waals surface area contributed by atoms with Crippen LogP contribution in [0.3, 0.4) is 0 Å². The highest BCUT2D eigenvalue weighted by Crippen LogP contribution is 2.47. The van der Waals surface area contributed by atoms with Crippen LogP contribution in [-0.4, -0.2) is 11.2 Å². The molecule has 1 fully saturated rings. The summed E-state index contributed by atoms with van der Waals surface area (Å²) in [7, 11) is 0. The first-order chi connectivity index (χ1) is 11.8. The number of hydrogen-bond donors (Lipinski definition) is 1. The molecule has 2 heteroatoms. The number of epoxide rings is 1. The second-order valence-electron chi connectivity index (χ2n) is 6.30. The van der Waals surface area contributed by atoms with Crippen LogP contribution in [0, 0.1) is 0 Å². The predicted molar refractivity (Wildman–Crippen MR) is 94.6 cm³/mol. The Morgan fingerprint density at radius 3 is 1.67 bits per heavy atom. The van der Waals surface area contributed by atoms with Gasteiger partial charge in [-0.25, -0.2) is 0 Å². The fourth-order valence-electron chi connectivity index (χ4n) is 3.36. The van der Waals surface area contributed by atoms with Gasteiger partial charge in [0.25, 0.3) is 0 Å².